The molecular formula is C19H24N3O6P. The zero-order valence-electron chi connectivity index (χ0n) is 16.3. The summed E-state index contributed by atoms with van der Waals surface area (Å²) >= 11 is 0. The Morgan fingerprint density at radius 3 is 2.45 bits per heavy atom. The molecule has 1 aliphatic carbocycles. The van der Waals surface area contributed by atoms with Crippen molar-refractivity contribution in [2.75, 3.05) is 17.2 Å². The molecule has 0 radical (unpaired) electrons. The molecule has 1 aromatic carbocycles. The second-order valence-corrected chi connectivity index (χ2v) is 7.39. The van der Waals surface area contributed by atoms with Gasteiger partial charge in [-0.15, -0.1) is 0 Å². The third-order valence-corrected chi connectivity index (χ3v) is 3.62. The molecule has 0 fully saturated rings. The highest BCUT2D eigenvalue weighted by Gasteiger charge is 2.14. The average molecular weight is 421 g/mol. The van der Waals surface area contributed by atoms with E-state index in [-0.39, 0.29) is 6.10 Å². The second-order valence-electron chi connectivity index (χ2n) is 6.36. The Kier molecular flexibility index (Phi) is 7.53. The van der Waals surface area contributed by atoms with Crippen LogP contribution >= 0.6 is 7.82 Å². The Hall–Kier alpha value is -2.71. The van der Waals surface area contributed by atoms with Gasteiger partial charge in [-0.3, -0.25) is 5.32 Å². The number of amides is 1. The maximum atomic E-state index is 11.8. The topological polar surface area (TPSA) is 141 Å². The Labute approximate surface area is 168 Å². The summed E-state index contributed by atoms with van der Waals surface area (Å²) < 4.78 is 14.0. The Balaban J connectivity index is 0.000000537. The van der Waals surface area contributed by atoms with Gasteiger partial charge in [-0.25, -0.2) is 14.3 Å². The molecule has 156 valence electrons. The average Bonchev–Trinajstić information content (AvgIpc) is 2.79. The van der Waals surface area contributed by atoms with E-state index in [9.17, 15) is 4.79 Å². The monoisotopic (exact) mass is 421 g/mol. The lowest BCUT2D eigenvalue weighted by molar-refractivity contribution is 0.130. The number of nitrogens with zero attached hydrogens (tertiary/aromatic N) is 1. The highest BCUT2D eigenvalue weighted by atomic mass is 31.2. The first kappa shape index (κ1) is 22.6. The zero-order valence-corrected chi connectivity index (χ0v) is 17.2. The summed E-state index contributed by atoms with van der Waals surface area (Å²) in [6, 6.07) is 13.7. The van der Waals surface area contributed by atoms with Crippen LogP contribution in [0.2, 0.25) is 0 Å². The van der Waals surface area contributed by atoms with Gasteiger partial charge in [0.1, 0.15) is 0 Å². The van der Waals surface area contributed by atoms with Crippen LogP contribution < -0.4 is 10.6 Å². The van der Waals surface area contributed by atoms with E-state index in [2.05, 4.69) is 23.6 Å². The number of carbonyl (C=O) groups is 1. The molecule has 0 spiro atoms. The number of hydrogen-bond donors (Lipinski definition) is 5. The number of hydrogen-bond acceptors (Lipinski definition) is 5. The number of anilines is 2. The van der Waals surface area contributed by atoms with Crippen LogP contribution in [0.1, 0.15) is 20.8 Å². The van der Waals surface area contributed by atoms with E-state index in [0.29, 0.717) is 5.69 Å². The zero-order chi connectivity index (χ0) is 21.6. The minimum atomic E-state index is -4.64. The minimum absolute atomic E-state index is 0.162. The molecule has 29 heavy (non-hydrogen) atoms. The third kappa shape index (κ3) is 6.99. The highest BCUT2D eigenvalue weighted by Crippen LogP contribution is 2.35. The van der Waals surface area contributed by atoms with Gasteiger partial charge in [-0.05, 0) is 39.0 Å². The van der Waals surface area contributed by atoms with Crippen LogP contribution in [0.4, 0.5) is 16.2 Å². The number of phosphoric acid groups is 1. The summed E-state index contributed by atoms with van der Waals surface area (Å²) in [6.07, 6.45) is -0.626. The van der Waals surface area contributed by atoms with Crippen LogP contribution in [-0.2, 0) is 9.30 Å². The molecule has 1 aromatic rings. The lowest BCUT2D eigenvalue weighted by atomic mass is 10.1. The van der Waals surface area contributed by atoms with Gasteiger partial charge in [0.2, 0.25) is 0 Å². The van der Waals surface area contributed by atoms with E-state index < -0.39 is 13.9 Å². The molecule has 5 N–H and O–H groups in total. The fourth-order valence-corrected chi connectivity index (χ4v) is 2.70. The van der Waals surface area contributed by atoms with Crippen molar-refractivity contribution in [1.82, 2.24) is 4.98 Å². The quantitative estimate of drug-likeness (QED) is 0.401. The lowest BCUT2D eigenvalue weighted by Gasteiger charge is -2.08. The van der Waals surface area contributed by atoms with Gasteiger partial charge in [0.15, 0.2) is 0 Å². The molecule has 10 heteroatoms. The van der Waals surface area contributed by atoms with Crippen molar-refractivity contribution in [3.63, 3.8) is 0 Å². The van der Waals surface area contributed by atoms with Crippen LogP contribution in [-0.4, -0.2) is 38.4 Å². The molecule has 0 unspecified atom stereocenters. The van der Waals surface area contributed by atoms with Crippen molar-refractivity contribution >= 4 is 36.2 Å². The summed E-state index contributed by atoms with van der Waals surface area (Å²) in [5, 5.41) is 7.18. The number of ether oxygens (including phenoxy) is 1. The molecule has 1 amide bonds. The highest BCUT2D eigenvalue weighted by molar-refractivity contribution is 7.45. The number of carbonyl (C=O) groups excluding carboxylic acids is 1. The molecule has 1 aliphatic heterocycles. The van der Waals surface area contributed by atoms with Crippen LogP contribution in [0.15, 0.2) is 42.5 Å². The van der Waals surface area contributed by atoms with Crippen LogP contribution in [0.25, 0.3) is 22.2 Å². The smallest absolute Gasteiger partial charge is 0.447 e. The van der Waals surface area contributed by atoms with Crippen molar-refractivity contribution in [3.8, 4) is 11.3 Å². The van der Waals surface area contributed by atoms with E-state index in [0.717, 1.165) is 34.4 Å². The normalized spacial score (nSPS) is 11.1. The van der Waals surface area contributed by atoms with Gasteiger partial charge in [0, 0.05) is 23.2 Å². The first-order valence-electron chi connectivity index (χ1n) is 8.90. The molecule has 0 bridgehead atoms. The van der Waals surface area contributed by atoms with Crippen LogP contribution in [0.5, 0.6) is 0 Å². The Morgan fingerprint density at radius 2 is 1.83 bits per heavy atom. The predicted octanol–water partition coefficient (Wildman–Crippen LogP) is 3.80. The molecule has 0 aromatic heterocycles. The molecule has 0 saturated heterocycles. The van der Waals surface area contributed by atoms with Crippen molar-refractivity contribution in [3.05, 3.63) is 42.5 Å². The fourth-order valence-electron chi connectivity index (χ4n) is 2.70. The molecule has 0 atom stereocenters. The first-order chi connectivity index (χ1) is 13.6. The number of para-hydroxylation sites is 1. The van der Waals surface area contributed by atoms with E-state index in [1.807, 2.05) is 50.2 Å². The van der Waals surface area contributed by atoms with Gasteiger partial charge in [0.25, 0.3) is 0 Å². The predicted molar refractivity (Wildman–Crippen MR) is 112 cm³/mol. The maximum absolute atomic E-state index is 11.8. The number of aromatic nitrogens is 1. The summed E-state index contributed by atoms with van der Waals surface area (Å²) in [6.45, 7) is 6.53. The van der Waals surface area contributed by atoms with Crippen LogP contribution in [0, 0.1) is 0 Å². The van der Waals surface area contributed by atoms with Gasteiger partial charge in [-0.1, -0.05) is 24.3 Å². The van der Waals surface area contributed by atoms with E-state index in [4.69, 9.17) is 29.0 Å². The summed E-state index contributed by atoms with van der Waals surface area (Å²) in [5.74, 6) is 0. The Morgan fingerprint density at radius 1 is 1.17 bits per heavy atom. The second kappa shape index (κ2) is 9.67. The van der Waals surface area contributed by atoms with Gasteiger partial charge >= 0.3 is 13.9 Å². The number of benzene rings is 1. The van der Waals surface area contributed by atoms with E-state index in [1.54, 1.807) is 0 Å². The lowest BCUT2D eigenvalue weighted by Crippen LogP contribution is -2.17. The minimum Gasteiger partial charge on any atom is -0.447 e. The first-order valence-corrected chi connectivity index (χ1v) is 10.5. The Bertz CT molecular complexity index is 996. The van der Waals surface area contributed by atoms with Gasteiger partial charge < -0.3 is 24.7 Å². The van der Waals surface area contributed by atoms with Crippen LogP contribution in [0.3, 0.4) is 0 Å². The molecule has 3 rings (SSSR count). The maximum Gasteiger partial charge on any atom is 0.466 e. The summed E-state index contributed by atoms with van der Waals surface area (Å²) in [4.78, 5) is 38.1. The van der Waals surface area contributed by atoms with Crippen molar-refractivity contribution < 1.29 is 28.8 Å². The SMILES string of the molecule is CCNc1cccc2c3cccc(NC(=O)OC(C)C)cc-3nc12.O=P(O)(O)O. The number of fused-ring (bicyclic) bond motifs is 3. The van der Waals surface area contributed by atoms with Crippen molar-refractivity contribution in [1.29, 1.82) is 0 Å². The van der Waals surface area contributed by atoms with Crippen molar-refractivity contribution in [2.45, 2.75) is 26.9 Å². The standard InChI is InChI=1S/C19H21N3O2.H3O4P/c1-4-20-16-10-6-9-15-14-8-5-7-13(11-17(14)22-18(15)16)21-19(23)24-12(2)3;1-5(2,3)4/h5-12,20H,4H2,1-3H3,(H,21,23);(H3,1,2,3,4). The fraction of sp³-hybridized carbons (Fsp3) is 0.263. The van der Waals surface area contributed by atoms with E-state index >= 15 is 0 Å². The molecule has 1 heterocycles. The van der Waals surface area contributed by atoms with Gasteiger partial charge in [-0.2, -0.15) is 0 Å². The van der Waals surface area contributed by atoms with Crippen molar-refractivity contribution in [2.24, 2.45) is 0 Å². The molecule has 0 saturated carbocycles. The summed E-state index contributed by atoms with van der Waals surface area (Å²) in [5.41, 5.74) is 4.50. The number of rotatable bonds is 4. The number of nitrogens with one attached hydrogen (secondary N) is 2. The third-order valence-electron chi connectivity index (χ3n) is 3.62. The molecule has 2 aliphatic rings. The van der Waals surface area contributed by atoms with E-state index in [1.165, 1.54) is 0 Å². The summed E-state index contributed by atoms with van der Waals surface area (Å²) in [7, 11) is -4.64. The van der Waals surface area contributed by atoms with Gasteiger partial charge in [0.05, 0.1) is 23.0 Å². The molecule has 9 nitrogen and oxygen atoms in total. The molecular weight excluding hydrogens is 397 g/mol. The largest absolute Gasteiger partial charge is 0.466 e.